The minimum Gasteiger partial charge on any atom is -0.363 e. The Morgan fingerprint density at radius 2 is 2.25 bits per heavy atom. The van der Waals surface area contributed by atoms with E-state index in [4.69, 9.17) is 9.94 Å². The van der Waals surface area contributed by atoms with E-state index in [1.165, 1.54) is 0 Å². The van der Waals surface area contributed by atoms with Gasteiger partial charge < -0.3 is 5.11 Å². The molecular formula is C5H12NO2+. The molecule has 0 aromatic carbocycles. The molecule has 0 amide bonds. The maximum atomic E-state index is 8.83. The van der Waals surface area contributed by atoms with Gasteiger partial charge in [-0.2, -0.15) is 9.48 Å². The molecule has 1 fully saturated rings. The molecule has 1 saturated heterocycles. The predicted octanol–water partition coefficient (Wildman–Crippen LogP) is -0.284. The van der Waals surface area contributed by atoms with Crippen LogP contribution in [0.5, 0.6) is 0 Å². The average molecular weight is 118 g/mol. The van der Waals surface area contributed by atoms with Gasteiger partial charge >= 0.3 is 0 Å². The van der Waals surface area contributed by atoms with E-state index in [1.54, 1.807) is 0 Å². The SMILES string of the molecule is C[N+]1(C)CCC(O)O1. The second-order valence-electron chi connectivity index (χ2n) is 2.65. The highest BCUT2D eigenvalue weighted by Gasteiger charge is 2.30. The molecule has 48 valence electrons. The molecule has 0 bridgehead atoms. The van der Waals surface area contributed by atoms with Gasteiger partial charge in [0.25, 0.3) is 0 Å². The number of aliphatic hydroxyl groups is 1. The van der Waals surface area contributed by atoms with E-state index in [0.29, 0.717) is 4.65 Å². The van der Waals surface area contributed by atoms with Gasteiger partial charge in [-0.25, -0.2) is 0 Å². The van der Waals surface area contributed by atoms with Crippen LogP contribution in [0, 0.1) is 0 Å². The molecule has 0 aromatic heterocycles. The molecule has 1 atom stereocenters. The largest absolute Gasteiger partial charge is 0.363 e. The first-order valence-electron chi connectivity index (χ1n) is 2.80. The number of nitrogens with zero attached hydrogens (tertiary/aromatic N) is 1. The summed E-state index contributed by atoms with van der Waals surface area (Å²) in [6.45, 7) is 0.904. The summed E-state index contributed by atoms with van der Waals surface area (Å²) in [5.41, 5.74) is 0. The van der Waals surface area contributed by atoms with Crippen molar-refractivity contribution in [2.45, 2.75) is 12.7 Å². The highest BCUT2D eigenvalue weighted by Crippen LogP contribution is 2.14. The van der Waals surface area contributed by atoms with Crippen LogP contribution in [-0.4, -0.2) is 36.7 Å². The number of quaternary nitrogens is 1. The number of aliphatic hydroxyl groups excluding tert-OH is 1. The fraction of sp³-hybridized carbons (Fsp3) is 1.00. The molecule has 0 radical (unpaired) electrons. The van der Waals surface area contributed by atoms with Crippen LogP contribution in [0.1, 0.15) is 6.42 Å². The fourth-order valence-electron chi connectivity index (χ4n) is 0.856. The second kappa shape index (κ2) is 1.69. The summed E-state index contributed by atoms with van der Waals surface area (Å²) in [5.74, 6) is 0. The molecule has 1 aliphatic heterocycles. The summed E-state index contributed by atoms with van der Waals surface area (Å²) in [7, 11) is 3.85. The maximum absolute atomic E-state index is 8.83. The molecule has 3 heteroatoms. The van der Waals surface area contributed by atoms with Crippen LogP contribution in [0.15, 0.2) is 0 Å². The van der Waals surface area contributed by atoms with Gasteiger partial charge in [0, 0.05) is 0 Å². The van der Waals surface area contributed by atoms with Gasteiger partial charge in [0.2, 0.25) is 6.29 Å². The molecule has 1 aliphatic rings. The molecule has 0 spiro atoms. The Balaban J connectivity index is 2.44. The zero-order valence-corrected chi connectivity index (χ0v) is 5.29. The van der Waals surface area contributed by atoms with Crippen molar-refractivity contribution < 1.29 is 14.6 Å². The normalized spacial score (nSPS) is 35.6. The molecular weight excluding hydrogens is 106 g/mol. The third kappa shape index (κ3) is 1.18. The van der Waals surface area contributed by atoms with Crippen molar-refractivity contribution in [1.29, 1.82) is 0 Å². The van der Waals surface area contributed by atoms with Crippen molar-refractivity contribution in [1.82, 2.24) is 0 Å². The van der Waals surface area contributed by atoms with Gasteiger partial charge in [-0.05, 0) is 0 Å². The van der Waals surface area contributed by atoms with Crippen molar-refractivity contribution in [2.75, 3.05) is 20.6 Å². The third-order valence-electron chi connectivity index (χ3n) is 1.32. The Morgan fingerprint density at radius 1 is 1.62 bits per heavy atom. The standard InChI is InChI=1S/C5H12NO2/c1-6(2)4-3-5(7)8-6/h5,7H,3-4H2,1-2H3/q+1. The Kier molecular flexibility index (Phi) is 1.27. The van der Waals surface area contributed by atoms with Crippen molar-refractivity contribution in [3.8, 4) is 0 Å². The third-order valence-corrected chi connectivity index (χ3v) is 1.32. The first-order chi connectivity index (χ1) is 3.60. The van der Waals surface area contributed by atoms with Gasteiger partial charge in [-0.3, -0.25) is 0 Å². The van der Waals surface area contributed by atoms with Crippen molar-refractivity contribution in [3.05, 3.63) is 0 Å². The minimum atomic E-state index is -0.537. The molecule has 1 unspecified atom stereocenters. The molecule has 0 saturated carbocycles. The van der Waals surface area contributed by atoms with Gasteiger partial charge in [0.05, 0.1) is 20.5 Å². The van der Waals surface area contributed by atoms with Crippen molar-refractivity contribution >= 4 is 0 Å². The van der Waals surface area contributed by atoms with Crippen LogP contribution < -0.4 is 0 Å². The zero-order valence-electron chi connectivity index (χ0n) is 5.29. The van der Waals surface area contributed by atoms with Gasteiger partial charge in [-0.1, -0.05) is 0 Å². The number of hydroxylamine groups is 3. The number of hydrogen-bond acceptors (Lipinski definition) is 2. The summed E-state index contributed by atoms with van der Waals surface area (Å²) >= 11 is 0. The second-order valence-corrected chi connectivity index (χ2v) is 2.65. The molecule has 1 rings (SSSR count). The lowest BCUT2D eigenvalue weighted by molar-refractivity contribution is -1.07. The Morgan fingerprint density at radius 3 is 2.38 bits per heavy atom. The predicted molar refractivity (Wildman–Crippen MR) is 28.7 cm³/mol. The highest BCUT2D eigenvalue weighted by atomic mass is 16.8. The highest BCUT2D eigenvalue weighted by molar-refractivity contribution is 4.41. The van der Waals surface area contributed by atoms with Crippen LogP contribution in [0.3, 0.4) is 0 Å². The molecule has 8 heavy (non-hydrogen) atoms. The van der Waals surface area contributed by atoms with Crippen LogP contribution >= 0.6 is 0 Å². The van der Waals surface area contributed by atoms with E-state index in [9.17, 15) is 0 Å². The quantitative estimate of drug-likeness (QED) is 0.443. The molecule has 1 heterocycles. The lowest BCUT2D eigenvalue weighted by Crippen LogP contribution is -2.34. The van der Waals surface area contributed by atoms with Gasteiger partial charge in [0.15, 0.2) is 0 Å². The van der Waals surface area contributed by atoms with Crippen LogP contribution in [0.2, 0.25) is 0 Å². The Labute approximate surface area is 49.0 Å². The maximum Gasteiger partial charge on any atom is 0.218 e. The number of rotatable bonds is 0. The first kappa shape index (κ1) is 6.01. The molecule has 0 aliphatic carbocycles. The van der Waals surface area contributed by atoms with Gasteiger partial charge in [-0.15, -0.1) is 0 Å². The summed E-state index contributed by atoms with van der Waals surface area (Å²) < 4.78 is 0.487. The monoisotopic (exact) mass is 118 g/mol. The smallest absolute Gasteiger partial charge is 0.218 e. The van der Waals surface area contributed by atoms with E-state index < -0.39 is 6.29 Å². The van der Waals surface area contributed by atoms with E-state index >= 15 is 0 Å². The topological polar surface area (TPSA) is 29.5 Å². The van der Waals surface area contributed by atoms with Crippen LogP contribution in [0.25, 0.3) is 0 Å². The molecule has 1 N–H and O–H groups in total. The first-order valence-corrected chi connectivity index (χ1v) is 2.80. The van der Waals surface area contributed by atoms with Gasteiger partial charge in [0.1, 0.15) is 6.54 Å². The van der Waals surface area contributed by atoms with Crippen molar-refractivity contribution in [2.24, 2.45) is 0 Å². The summed E-state index contributed by atoms with van der Waals surface area (Å²) in [6.07, 6.45) is 0.220. The van der Waals surface area contributed by atoms with Crippen LogP contribution in [-0.2, 0) is 4.84 Å². The minimum absolute atomic E-state index is 0.487. The summed E-state index contributed by atoms with van der Waals surface area (Å²) in [5, 5.41) is 8.83. The Hall–Kier alpha value is -0.120. The van der Waals surface area contributed by atoms with Crippen molar-refractivity contribution in [3.63, 3.8) is 0 Å². The summed E-state index contributed by atoms with van der Waals surface area (Å²) in [4.78, 5) is 5.04. The molecule has 3 nitrogen and oxygen atoms in total. The average Bonchev–Trinajstić information content (AvgIpc) is 1.82. The lowest BCUT2D eigenvalue weighted by atomic mass is 10.4. The molecule has 0 aromatic rings. The fourth-order valence-corrected chi connectivity index (χ4v) is 0.856. The van der Waals surface area contributed by atoms with E-state index in [-0.39, 0.29) is 0 Å². The summed E-state index contributed by atoms with van der Waals surface area (Å²) in [6, 6.07) is 0. The zero-order chi connectivity index (χ0) is 6.20. The Bertz CT molecular complexity index is 92.4. The number of hydrogen-bond donors (Lipinski definition) is 1. The van der Waals surface area contributed by atoms with E-state index in [0.717, 1.165) is 13.0 Å². The lowest BCUT2D eigenvalue weighted by Gasteiger charge is -2.18. The van der Waals surface area contributed by atoms with Crippen LogP contribution in [0.4, 0.5) is 0 Å². The van der Waals surface area contributed by atoms with E-state index in [2.05, 4.69) is 0 Å². The van der Waals surface area contributed by atoms with E-state index in [1.807, 2.05) is 14.1 Å².